The molecule has 2 aromatic rings. The van der Waals surface area contributed by atoms with Gasteiger partial charge in [0.05, 0.1) is 5.56 Å². The van der Waals surface area contributed by atoms with E-state index in [9.17, 15) is 15.0 Å². The summed E-state index contributed by atoms with van der Waals surface area (Å²) in [4.78, 5) is 18.1. The summed E-state index contributed by atoms with van der Waals surface area (Å²) in [5, 5.41) is 20.2. The Morgan fingerprint density at radius 3 is 2.73 bits per heavy atom. The highest BCUT2D eigenvalue weighted by Crippen LogP contribution is 2.36. The van der Waals surface area contributed by atoms with E-state index in [0.717, 1.165) is 17.8 Å². The highest BCUT2D eigenvalue weighted by atomic mass is 32.1. The normalized spacial score (nSPS) is 10.6. The van der Waals surface area contributed by atoms with Crippen LogP contribution in [0, 0.1) is 0 Å². The maximum absolute atomic E-state index is 12.5. The van der Waals surface area contributed by atoms with Gasteiger partial charge in [0, 0.05) is 13.7 Å². The van der Waals surface area contributed by atoms with Crippen molar-refractivity contribution in [3.8, 4) is 22.2 Å². The average molecular weight is 322 g/mol. The van der Waals surface area contributed by atoms with Crippen molar-refractivity contribution in [2.75, 3.05) is 20.4 Å². The van der Waals surface area contributed by atoms with Crippen molar-refractivity contribution in [3.63, 3.8) is 0 Å². The zero-order valence-corrected chi connectivity index (χ0v) is 13.3. The fourth-order valence-corrected chi connectivity index (χ4v) is 2.98. The van der Waals surface area contributed by atoms with Crippen molar-refractivity contribution in [2.45, 2.75) is 13.3 Å². The number of benzene rings is 1. The molecule has 0 aliphatic carbocycles. The standard InChI is InChI=1S/C15H18N2O4S/c1-3-8-17(9-21-2)15(20)12-13(19)16-14(22-12)10-6-4-5-7-11(10)18/h4-7,18-19H,3,8-9H2,1-2H3. The molecule has 0 spiro atoms. The predicted molar refractivity (Wildman–Crippen MR) is 84.1 cm³/mol. The summed E-state index contributed by atoms with van der Waals surface area (Å²) in [5.41, 5.74) is 0.482. The molecular weight excluding hydrogens is 304 g/mol. The molecule has 0 aliphatic heterocycles. The van der Waals surface area contributed by atoms with Gasteiger partial charge in [0.2, 0.25) is 5.88 Å². The van der Waals surface area contributed by atoms with Crippen molar-refractivity contribution in [3.05, 3.63) is 29.1 Å². The van der Waals surface area contributed by atoms with E-state index >= 15 is 0 Å². The molecule has 7 heteroatoms. The first-order chi connectivity index (χ1) is 10.6. The molecule has 1 aromatic heterocycles. The van der Waals surface area contributed by atoms with Crippen molar-refractivity contribution >= 4 is 17.2 Å². The monoisotopic (exact) mass is 322 g/mol. The van der Waals surface area contributed by atoms with Gasteiger partial charge in [-0.3, -0.25) is 4.79 Å². The highest BCUT2D eigenvalue weighted by Gasteiger charge is 2.24. The largest absolute Gasteiger partial charge is 0.507 e. The summed E-state index contributed by atoms with van der Waals surface area (Å²) in [6.45, 7) is 2.63. The number of amides is 1. The van der Waals surface area contributed by atoms with Crippen LogP contribution < -0.4 is 0 Å². The smallest absolute Gasteiger partial charge is 0.271 e. The van der Waals surface area contributed by atoms with E-state index in [1.54, 1.807) is 18.2 Å². The van der Waals surface area contributed by atoms with E-state index in [1.165, 1.54) is 18.1 Å². The molecule has 0 saturated carbocycles. The van der Waals surface area contributed by atoms with E-state index in [1.807, 2.05) is 6.92 Å². The lowest BCUT2D eigenvalue weighted by Gasteiger charge is -2.19. The summed E-state index contributed by atoms with van der Waals surface area (Å²) >= 11 is 1.05. The number of carbonyl (C=O) groups excluding carboxylic acids is 1. The van der Waals surface area contributed by atoms with Gasteiger partial charge < -0.3 is 19.8 Å². The summed E-state index contributed by atoms with van der Waals surface area (Å²) in [6, 6.07) is 6.66. The highest BCUT2D eigenvalue weighted by molar-refractivity contribution is 7.17. The van der Waals surface area contributed by atoms with E-state index in [-0.39, 0.29) is 29.1 Å². The van der Waals surface area contributed by atoms with Crippen LogP contribution in [-0.2, 0) is 4.74 Å². The van der Waals surface area contributed by atoms with Crippen molar-refractivity contribution in [2.24, 2.45) is 0 Å². The summed E-state index contributed by atoms with van der Waals surface area (Å²) < 4.78 is 5.02. The molecule has 0 saturated heterocycles. The predicted octanol–water partition coefficient (Wildman–Crippen LogP) is 2.68. The second-order valence-electron chi connectivity index (χ2n) is 4.68. The SMILES string of the molecule is CCCN(COC)C(=O)c1sc(-c2ccccc2O)nc1O. The molecule has 0 atom stereocenters. The van der Waals surface area contributed by atoms with Gasteiger partial charge in [-0.15, -0.1) is 11.3 Å². The molecule has 0 unspecified atom stereocenters. The number of hydrogen-bond acceptors (Lipinski definition) is 6. The maximum Gasteiger partial charge on any atom is 0.271 e. The number of carbonyl (C=O) groups is 1. The zero-order chi connectivity index (χ0) is 16.1. The van der Waals surface area contributed by atoms with Crippen LogP contribution in [0.1, 0.15) is 23.0 Å². The van der Waals surface area contributed by atoms with Crippen LogP contribution in [0.5, 0.6) is 11.6 Å². The third kappa shape index (κ3) is 3.37. The molecule has 2 N–H and O–H groups in total. The van der Waals surface area contributed by atoms with Crippen LogP contribution in [-0.4, -0.2) is 46.4 Å². The van der Waals surface area contributed by atoms with Crippen LogP contribution in [0.15, 0.2) is 24.3 Å². The van der Waals surface area contributed by atoms with Gasteiger partial charge >= 0.3 is 0 Å². The lowest BCUT2D eigenvalue weighted by Crippen LogP contribution is -2.33. The number of para-hydroxylation sites is 1. The number of thiazole rings is 1. The minimum Gasteiger partial charge on any atom is -0.507 e. The van der Waals surface area contributed by atoms with Crippen LogP contribution in [0.2, 0.25) is 0 Å². The fourth-order valence-electron chi connectivity index (χ4n) is 2.02. The molecule has 0 radical (unpaired) electrons. The van der Waals surface area contributed by atoms with Crippen LogP contribution in [0.4, 0.5) is 0 Å². The van der Waals surface area contributed by atoms with Crippen molar-refractivity contribution in [1.82, 2.24) is 9.88 Å². The van der Waals surface area contributed by atoms with Crippen LogP contribution in [0.3, 0.4) is 0 Å². The average Bonchev–Trinajstić information content (AvgIpc) is 2.88. The van der Waals surface area contributed by atoms with E-state index in [2.05, 4.69) is 4.98 Å². The molecule has 0 fully saturated rings. The summed E-state index contributed by atoms with van der Waals surface area (Å²) in [6.07, 6.45) is 0.779. The van der Waals surface area contributed by atoms with E-state index in [4.69, 9.17) is 4.74 Å². The van der Waals surface area contributed by atoms with Crippen molar-refractivity contribution in [1.29, 1.82) is 0 Å². The Hall–Kier alpha value is -2.12. The molecule has 0 aliphatic rings. The molecule has 118 valence electrons. The van der Waals surface area contributed by atoms with Gasteiger partial charge in [-0.05, 0) is 18.6 Å². The number of aromatic hydroxyl groups is 2. The van der Waals surface area contributed by atoms with Gasteiger partial charge in [-0.25, -0.2) is 4.98 Å². The number of phenolic OH excluding ortho intramolecular Hbond substituents is 1. The number of rotatable bonds is 6. The second kappa shape index (κ2) is 7.24. The van der Waals surface area contributed by atoms with Gasteiger partial charge in [0.1, 0.15) is 17.5 Å². The zero-order valence-electron chi connectivity index (χ0n) is 12.4. The minimum atomic E-state index is -0.333. The first kappa shape index (κ1) is 16.3. The number of phenols is 1. The number of aromatic nitrogens is 1. The van der Waals surface area contributed by atoms with Crippen LogP contribution in [0.25, 0.3) is 10.6 Å². The Bertz CT molecular complexity index is 651. The lowest BCUT2D eigenvalue weighted by molar-refractivity contribution is 0.0420. The minimum absolute atomic E-state index is 0.0533. The number of hydrogen-bond donors (Lipinski definition) is 2. The Morgan fingerprint density at radius 2 is 2.09 bits per heavy atom. The Kier molecular flexibility index (Phi) is 5.35. The fraction of sp³-hybridized carbons (Fsp3) is 0.333. The molecule has 22 heavy (non-hydrogen) atoms. The third-order valence-electron chi connectivity index (χ3n) is 3.00. The Labute approximate surface area is 132 Å². The molecule has 6 nitrogen and oxygen atoms in total. The molecule has 1 aromatic carbocycles. The molecule has 1 heterocycles. The number of nitrogens with zero attached hydrogens (tertiary/aromatic N) is 2. The van der Waals surface area contributed by atoms with Gasteiger partial charge in [0.15, 0.2) is 4.88 Å². The van der Waals surface area contributed by atoms with Gasteiger partial charge in [-0.2, -0.15) is 0 Å². The topological polar surface area (TPSA) is 82.9 Å². The van der Waals surface area contributed by atoms with Gasteiger partial charge in [-0.1, -0.05) is 19.1 Å². The molecule has 0 bridgehead atoms. The first-order valence-corrected chi connectivity index (χ1v) is 7.66. The van der Waals surface area contributed by atoms with Crippen LogP contribution >= 0.6 is 11.3 Å². The quantitative estimate of drug-likeness (QED) is 0.799. The van der Waals surface area contributed by atoms with E-state index in [0.29, 0.717) is 17.1 Å². The molecular formula is C15H18N2O4S. The number of methoxy groups -OCH3 is 1. The second-order valence-corrected chi connectivity index (χ2v) is 5.67. The first-order valence-electron chi connectivity index (χ1n) is 6.84. The lowest BCUT2D eigenvalue weighted by atomic mass is 10.2. The molecule has 1 amide bonds. The third-order valence-corrected chi connectivity index (χ3v) is 4.07. The van der Waals surface area contributed by atoms with E-state index < -0.39 is 0 Å². The Morgan fingerprint density at radius 1 is 1.36 bits per heavy atom. The number of ether oxygens (including phenoxy) is 1. The maximum atomic E-state index is 12.5. The Balaban J connectivity index is 2.33. The summed E-state index contributed by atoms with van der Waals surface area (Å²) in [7, 11) is 1.51. The molecule has 2 rings (SSSR count). The van der Waals surface area contributed by atoms with Gasteiger partial charge in [0.25, 0.3) is 5.91 Å². The summed E-state index contributed by atoms with van der Waals surface area (Å²) in [5.74, 6) is -0.608. The van der Waals surface area contributed by atoms with Crippen molar-refractivity contribution < 1.29 is 19.7 Å².